The number of aryl methyl sites for hydroxylation is 2. The van der Waals surface area contributed by atoms with Crippen molar-refractivity contribution in [3.8, 4) is 28.2 Å². The maximum Gasteiger partial charge on any atom is 0.134 e. The molecular weight excluding hydrogens is 631 g/mol. The summed E-state index contributed by atoms with van der Waals surface area (Å²) in [4.78, 5) is 0. The molecule has 0 atom stereocenters. The van der Waals surface area contributed by atoms with Gasteiger partial charge in [-0.05, 0) is 48.4 Å². The van der Waals surface area contributed by atoms with Gasteiger partial charge in [0.1, 0.15) is 5.82 Å². The quantitative estimate of drug-likeness (QED) is 0.184. The van der Waals surface area contributed by atoms with Crippen LogP contribution in [0.25, 0.3) is 28.2 Å². The van der Waals surface area contributed by atoms with E-state index in [0.29, 0.717) is 0 Å². The maximum atomic E-state index is 4.79. The first kappa shape index (κ1) is 29.0. The minimum absolute atomic E-state index is 0. The molecule has 0 aliphatic heterocycles. The van der Waals surface area contributed by atoms with Gasteiger partial charge in [0.2, 0.25) is 0 Å². The van der Waals surface area contributed by atoms with Crippen molar-refractivity contribution in [2.24, 2.45) is 0 Å². The number of hydrogen-bond donors (Lipinski definition) is 0. The summed E-state index contributed by atoms with van der Waals surface area (Å²) < 4.78 is 2.27. The van der Waals surface area contributed by atoms with E-state index in [1.165, 1.54) is 22.3 Å². The third-order valence-electron chi connectivity index (χ3n) is 7.14. The fourth-order valence-corrected chi connectivity index (χ4v) is 4.85. The molecule has 0 spiro atoms. The van der Waals surface area contributed by atoms with Crippen LogP contribution in [0, 0.1) is 19.9 Å². The number of aromatic nitrogens is 3. The molecule has 0 unspecified atom stereocenters. The molecule has 4 heteroatoms. The Morgan fingerprint density at radius 3 is 2.16 bits per heavy atom. The molecule has 0 aliphatic rings. The average Bonchev–Trinajstić information content (AvgIpc) is 3.28. The van der Waals surface area contributed by atoms with Crippen molar-refractivity contribution < 1.29 is 20.1 Å². The second-order valence-electron chi connectivity index (χ2n) is 11.8. The van der Waals surface area contributed by atoms with Crippen molar-refractivity contribution in [3.63, 3.8) is 0 Å². The minimum Gasteiger partial charge on any atom is -0.319 e. The Bertz CT molecular complexity index is 1340. The fraction of sp³-hybridized carbons (Fsp3) is 0.394. The second-order valence-corrected chi connectivity index (χ2v) is 11.8. The molecule has 1 aromatic heterocycles. The van der Waals surface area contributed by atoms with E-state index in [4.69, 9.17) is 10.2 Å². The summed E-state index contributed by atoms with van der Waals surface area (Å²) >= 11 is 0. The molecule has 4 rings (SSSR count). The summed E-state index contributed by atoms with van der Waals surface area (Å²) in [7, 11) is 0. The molecule has 1 radical (unpaired) electrons. The van der Waals surface area contributed by atoms with Crippen LogP contribution in [0.5, 0.6) is 0 Å². The summed E-state index contributed by atoms with van der Waals surface area (Å²) in [6.45, 7) is 17.9. The summed E-state index contributed by atoms with van der Waals surface area (Å²) in [5.74, 6) is 1.85. The van der Waals surface area contributed by atoms with Crippen molar-refractivity contribution in [1.29, 1.82) is 0 Å². The summed E-state index contributed by atoms with van der Waals surface area (Å²) in [6, 6.07) is 25.3. The Morgan fingerprint density at radius 2 is 1.54 bits per heavy atom. The Kier molecular flexibility index (Phi) is 8.98. The Hall–Kier alpha value is -2.55. The van der Waals surface area contributed by atoms with Gasteiger partial charge in [0.05, 0.1) is 5.82 Å². The van der Waals surface area contributed by atoms with Gasteiger partial charge in [-0.1, -0.05) is 96.3 Å². The van der Waals surface area contributed by atoms with Crippen molar-refractivity contribution in [2.75, 3.05) is 0 Å². The van der Waals surface area contributed by atoms with Crippen LogP contribution >= 0.6 is 0 Å². The van der Waals surface area contributed by atoms with Gasteiger partial charge < -0.3 is 4.57 Å². The molecule has 0 amide bonds. The van der Waals surface area contributed by atoms with Crippen LogP contribution in [0.4, 0.5) is 0 Å². The Morgan fingerprint density at radius 1 is 0.838 bits per heavy atom. The van der Waals surface area contributed by atoms with Crippen molar-refractivity contribution >= 4 is 0 Å². The molecule has 3 nitrogen and oxygen atoms in total. The standard InChI is InChI=1S/C33H40N3.Ir/c1-9-10-20-33(7,8)31-35-34-30(36(31)29-19-14-23(2)21-24(29)3)27-13-11-12-26(22-27)25-15-17-28(18-16-25)32(4,5)6;/h11-12,14-19,21-22H,9-10,20H2,1-8H3;/q-1;. The van der Waals surface area contributed by atoms with Crippen LogP contribution in [0.2, 0.25) is 0 Å². The first-order valence-electron chi connectivity index (χ1n) is 13.2. The van der Waals surface area contributed by atoms with Gasteiger partial charge in [0, 0.05) is 31.2 Å². The fourth-order valence-electron chi connectivity index (χ4n) is 4.85. The van der Waals surface area contributed by atoms with Crippen LogP contribution < -0.4 is 0 Å². The molecule has 0 saturated heterocycles. The number of benzene rings is 3. The molecule has 3 aromatic carbocycles. The van der Waals surface area contributed by atoms with E-state index in [0.717, 1.165) is 47.7 Å². The monoisotopic (exact) mass is 671 g/mol. The van der Waals surface area contributed by atoms with Gasteiger partial charge >= 0.3 is 0 Å². The van der Waals surface area contributed by atoms with Crippen LogP contribution in [0.3, 0.4) is 0 Å². The van der Waals surface area contributed by atoms with E-state index in [1.54, 1.807) is 0 Å². The molecule has 0 bridgehead atoms. The number of nitrogens with zero attached hydrogens (tertiary/aromatic N) is 3. The van der Waals surface area contributed by atoms with Gasteiger partial charge in [-0.15, -0.1) is 40.5 Å². The summed E-state index contributed by atoms with van der Waals surface area (Å²) in [5, 5.41) is 9.55. The Labute approximate surface area is 237 Å². The predicted octanol–water partition coefficient (Wildman–Crippen LogP) is 8.78. The molecule has 1 heterocycles. The first-order chi connectivity index (χ1) is 17.0. The number of unbranched alkanes of at least 4 members (excludes halogenated alkanes) is 1. The third kappa shape index (κ3) is 6.30. The zero-order valence-corrected chi connectivity index (χ0v) is 26.0. The topological polar surface area (TPSA) is 30.7 Å². The van der Waals surface area contributed by atoms with Crippen molar-refractivity contribution in [2.45, 2.75) is 85.5 Å². The zero-order valence-electron chi connectivity index (χ0n) is 23.6. The molecule has 4 aromatic rings. The summed E-state index contributed by atoms with van der Waals surface area (Å²) in [5.41, 5.74) is 8.29. The molecule has 0 fully saturated rings. The average molecular weight is 671 g/mol. The van der Waals surface area contributed by atoms with Crippen LogP contribution in [0.1, 0.15) is 83.3 Å². The van der Waals surface area contributed by atoms with Crippen molar-refractivity contribution in [1.82, 2.24) is 14.8 Å². The molecule has 0 aliphatic carbocycles. The molecular formula is C33H40IrN3-. The number of rotatable bonds is 7. The second kappa shape index (κ2) is 11.5. The minimum atomic E-state index is -0.0982. The Balaban J connectivity index is 0.00000380. The predicted molar refractivity (Wildman–Crippen MR) is 152 cm³/mol. The number of hydrogen-bond acceptors (Lipinski definition) is 2. The van der Waals surface area contributed by atoms with E-state index < -0.39 is 0 Å². The zero-order chi connectivity index (χ0) is 26.1. The van der Waals surface area contributed by atoms with Crippen LogP contribution in [-0.2, 0) is 30.9 Å². The third-order valence-corrected chi connectivity index (χ3v) is 7.14. The van der Waals surface area contributed by atoms with Gasteiger partial charge in [-0.2, -0.15) is 5.10 Å². The van der Waals surface area contributed by atoms with E-state index in [1.807, 2.05) is 6.07 Å². The molecule has 197 valence electrons. The SMILES string of the molecule is CCCCC(C)(C)c1nnc(-c2[c-]ccc(-c3ccc(C(C)(C)C)cc3)c2)n1-c1ccc(C)cc1C.[Ir]. The van der Waals surface area contributed by atoms with Gasteiger partial charge in [-0.25, -0.2) is 0 Å². The van der Waals surface area contributed by atoms with Gasteiger partial charge in [0.25, 0.3) is 0 Å². The largest absolute Gasteiger partial charge is 0.319 e. The molecule has 0 saturated carbocycles. The molecule has 37 heavy (non-hydrogen) atoms. The van der Waals surface area contributed by atoms with Gasteiger partial charge in [-0.3, -0.25) is 0 Å². The smallest absolute Gasteiger partial charge is 0.134 e. The van der Waals surface area contributed by atoms with Crippen molar-refractivity contribution in [3.05, 3.63) is 89.2 Å². The van der Waals surface area contributed by atoms with Crippen LogP contribution in [0.15, 0.2) is 60.7 Å². The summed E-state index contributed by atoms with van der Waals surface area (Å²) in [6.07, 6.45) is 3.39. The van der Waals surface area contributed by atoms with E-state index in [2.05, 4.69) is 121 Å². The normalized spacial score (nSPS) is 11.9. The van der Waals surface area contributed by atoms with Crippen LogP contribution in [-0.4, -0.2) is 14.8 Å². The van der Waals surface area contributed by atoms with Gasteiger partial charge in [0.15, 0.2) is 0 Å². The first-order valence-corrected chi connectivity index (χ1v) is 13.2. The van der Waals surface area contributed by atoms with E-state index in [-0.39, 0.29) is 30.9 Å². The van der Waals surface area contributed by atoms with E-state index in [9.17, 15) is 0 Å². The molecule has 0 N–H and O–H groups in total. The maximum absolute atomic E-state index is 4.79. The van der Waals surface area contributed by atoms with E-state index >= 15 is 0 Å².